The largest absolute Gasteiger partial charge is 0.264 e. The molecule has 0 saturated carbocycles. The van der Waals surface area contributed by atoms with Crippen molar-refractivity contribution in [1.29, 1.82) is 0 Å². The number of aryl methyl sites for hydroxylation is 2. The predicted octanol–water partition coefficient (Wildman–Crippen LogP) is 3.81. The highest BCUT2D eigenvalue weighted by atomic mass is 35.5. The third-order valence-corrected chi connectivity index (χ3v) is 4.88. The highest BCUT2D eigenvalue weighted by Crippen LogP contribution is 2.29. The average molecular weight is 331 g/mol. The SMILES string of the molecule is Cc1ccnc(NS(=O)(=O)c2cc(C)c(Cl)cc2Cl)c1. The lowest BCUT2D eigenvalue weighted by Gasteiger charge is -2.10. The molecule has 20 heavy (non-hydrogen) atoms. The molecule has 0 radical (unpaired) electrons. The number of hydrogen-bond acceptors (Lipinski definition) is 3. The summed E-state index contributed by atoms with van der Waals surface area (Å²) in [5, 5.41) is 0.489. The monoisotopic (exact) mass is 330 g/mol. The molecule has 1 aromatic carbocycles. The van der Waals surface area contributed by atoms with Crippen molar-refractivity contribution in [2.75, 3.05) is 4.72 Å². The second-order valence-electron chi connectivity index (χ2n) is 4.36. The Labute approximate surface area is 127 Å². The summed E-state index contributed by atoms with van der Waals surface area (Å²) in [6.45, 7) is 3.56. The molecule has 0 unspecified atom stereocenters. The highest BCUT2D eigenvalue weighted by Gasteiger charge is 2.20. The van der Waals surface area contributed by atoms with Crippen LogP contribution >= 0.6 is 23.2 Å². The molecule has 106 valence electrons. The Morgan fingerprint density at radius 1 is 1.10 bits per heavy atom. The van der Waals surface area contributed by atoms with E-state index in [0.717, 1.165) is 5.56 Å². The third-order valence-electron chi connectivity index (χ3n) is 2.66. The van der Waals surface area contributed by atoms with Crippen molar-refractivity contribution in [3.8, 4) is 0 Å². The summed E-state index contributed by atoms with van der Waals surface area (Å²) in [5.41, 5.74) is 1.53. The molecule has 1 heterocycles. The first-order valence-electron chi connectivity index (χ1n) is 5.71. The van der Waals surface area contributed by atoms with Crippen LogP contribution in [0.4, 0.5) is 5.82 Å². The van der Waals surface area contributed by atoms with Crippen LogP contribution in [-0.2, 0) is 10.0 Å². The lowest BCUT2D eigenvalue weighted by atomic mass is 10.2. The first-order chi connectivity index (χ1) is 9.29. The van der Waals surface area contributed by atoms with E-state index >= 15 is 0 Å². The van der Waals surface area contributed by atoms with Crippen LogP contribution < -0.4 is 4.72 Å². The van der Waals surface area contributed by atoms with Gasteiger partial charge in [0.2, 0.25) is 0 Å². The summed E-state index contributed by atoms with van der Waals surface area (Å²) in [6, 6.07) is 6.25. The fraction of sp³-hybridized carbons (Fsp3) is 0.154. The molecular weight excluding hydrogens is 319 g/mol. The minimum atomic E-state index is -3.80. The molecule has 4 nitrogen and oxygen atoms in total. The van der Waals surface area contributed by atoms with Gasteiger partial charge in [-0.05, 0) is 49.2 Å². The zero-order valence-corrected chi connectivity index (χ0v) is 13.1. The molecule has 0 atom stereocenters. The van der Waals surface area contributed by atoms with Gasteiger partial charge in [0.1, 0.15) is 10.7 Å². The predicted molar refractivity (Wildman–Crippen MR) is 81.0 cm³/mol. The second kappa shape index (κ2) is 5.60. The molecule has 0 saturated heterocycles. The van der Waals surface area contributed by atoms with E-state index in [2.05, 4.69) is 9.71 Å². The number of halogens is 2. The van der Waals surface area contributed by atoms with Crippen LogP contribution in [0, 0.1) is 13.8 Å². The molecule has 0 aliphatic carbocycles. The molecule has 2 aromatic rings. The lowest BCUT2D eigenvalue weighted by molar-refractivity contribution is 0.601. The maximum absolute atomic E-state index is 12.3. The number of aromatic nitrogens is 1. The number of sulfonamides is 1. The van der Waals surface area contributed by atoms with Gasteiger partial charge < -0.3 is 0 Å². The van der Waals surface area contributed by atoms with Gasteiger partial charge in [-0.1, -0.05) is 23.2 Å². The fourth-order valence-electron chi connectivity index (χ4n) is 1.62. The average Bonchev–Trinajstić information content (AvgIpc) is 2.33. The maximum atomic E-state index is 12.3. The number of hydrogen-bond donors (Lipinski definition) is 1. The minimum Gasteiger partial charge on any atom is -0.263 e. The Kier molecular flexibility index (Phi) is 4.22. The van der Waals surface area contributed by atoms with Crippen LogP contribution in [0.5, 0.6) is 0 Å². The normalized spacial score (nSPS) is 11.4. The van der Waals surface area contributed by atoms with E-state index in [1.54, 1.807) is 19.1 Å². The van der Waals surface area contributed by atoms with Gasteiger partial charge in [0.05, 0.1) is 5.02 Å². The van der Waals surface area contributed by atoms with Crippen molar-refractivity contribution in [2.24, 2.45) is 0 Å². The summed E-state index contributed by atoms with van der Waals surface area (Å²) >= 11 is 11.9. The van der Waals surface area contributed by atoms with Gasteiger partial charge in [-0.3, -0.25) is 4.72 Å². The highest BCUT2D eigenvalue weighted by molar-refractivity contribution is 7.92. The van der Waals surface area contributed by atoms with E-state index in [0.29, 0.717) is 10.6 Å². The van der Waals surface area contributed by atoms with Gasteiger partial charge in [-0.2, -0.15) is 0 Å². The van der Waals surface area contributed by atoms with Crippen molar-refractivity contribution in [3.63, 3.8) is 0 Å². The van der Waals surface area contributed by atoms with Crippen LogP contribution in [0.1, 0.15) is 11.1 Å². The molecule has 2 rings (SSSR count). The van der Waals surface area contributed by atoms with Crippen LogP contribution in [-0.4, -0.2) is 13.4 Å². The molecule has 0 spiro atoms. The second-order valence-corrected chi connectivity index (χ2v) is 6.82. The van der Waals surface area contributed by atoms with Crippen LogP contribution in [0.2, 0.25) is 10.0 Å². The van der Waals surface area contributed by atoms with Crippen LogP contribution in [0.25, 0.3) is 0 Å². The van der Waals surface area contributed by atoms with Gasteiger partial charge in [-0.15, -0.1) is 0 Å². The molecular formula is C13H12Cl2N2O2S. The summed E-state index contributed by atoms with van der Waals surface area (Å²) < 4.78 is 27.0. The van der Waals surface area contributed by atoms with Crippen LogP contribution in [0.3, 0.4) is 0 Å². The smallest absolute Gasteiger partial charge is 0.263 e. The number of pyridine rings is 1. The van der Waals surface area contributed by atoms with Crippen molar-refractivity contribution in [1.82, 2.24) is 4.98 Å². The van der Waals surface area contributed by atoms with E-state index in [9.17, 15) is 8.42 Å². The van der Waals surface area contributed by atoms with E-state index in [1.807, 2.05) is 6.92 Å². The third kappa shape index (κ3) is 3.23. The number of nitrogens with one attached hydrogen (secondary N) is 1. The Morgan fingerprint density at radius 2 is 1.80 bits per heavy atom. The Balaban J connectivity index is 2.43. The van der Waals surface area contributed by atoms with Crippen molar-refractivity contribution in [3.05, 3.63) is 51.6 Å². The van der Waals surface area contributed by atoms with Gasteiger partial charge >= 0.3 is 0 Å². The molecule has 0 amide bonds. The Morgan fingerprint density at radius 3 is 2.45 bits per heavy atom. The standard InChI is InChI=1S/C13H12Cl2N2O2S/c1-8-3-4-16-13(5-8)17-20(18,19)12-6-9(2)10(14)7-11(12)15/h3-7H,1-2H3,(H,16,17). The van der Waals surface area contributed by atoms with Crippen LogP contribution in [0.15, 0.2) is 35.4 Å². The van der Waals surface area contributed by atoms with Gasteiger partial charge in [0.25, 0.3) is 10.0 Å². The molecule has 0 aliphatic heterocycles. The first-order valence-corrected chi connectivity index (χ1v) is 7.94. The van der Waals surface area contributed by atoms with Gasteiger partial charge in [-0.25, -0.2) is 13.4 Å². The zero-order valence-electron chi connectivity index (χ0n) is 10.8. The number of benzene rings is 1. The molecule has 7 heteroatoms. The quantitative estimate of drug-likeness (QED) is 0.930. The van der Waals surface area contributed by atoms with Crippen molar-refractivity contribution >= 4 is 39.0 Å². The molecule has 0 bridgehead atoms. The molecule has 0 aliphatic rings. The Hall–Kier alpha value is -1.30. The van der Waals surface area contributed by atoms with Crippen molar-refractivity contribution < 1.29 is 8.42 Å². The van der Waals surface area contributed by atoms with E-state index in [1.165, 1.54) is 18.3 Å². The van der Waals surface area contributed by atoms with Gasteiger partial charge in [0.15, 0.2) is 0 Å². The zero-order chi connectivity index (χ0) is 14.9. The number of nitrogens with zero attached hydrogens (tertiary/aromatic N) is 1. The van der Waals surface area contributed by atoms with E-state index < -0.39 is 10.0 Å². The van der Waals surface area contributed by atoms with E-state index in [-0.39, 0.29) is 15.7 Å². The lowest BCUT2D eigenvalue weighted by Crippen LogP contribution is -2.14. The minimum absolute atomic E-state index is 0.0237. The maximum Gasteiger partial charge on any atom is 0.264 e. The summed E-state index contributed by atoms with van der Waals surface area (Å²) in [7, 11) is -3.80. The summed E-state index contributed by atoms with van der Waals surface area (Å²) in [4.78, 5) is 3.94. The summed E-state index contributed by atoms with van der Waals surface area (Å²) in [5.74, 6) is 0.244. The van der Waals surface area contributed by atoms with Crippen molar-refractivity contribution in [2.45, 2.75) is 18.7 Å². The number of anilines is 1. The fourth-order valence-corrected chi connectivity index (χ4v) is 3.45. The molecule has 1 aromatic heterocycles. The van der Waals surface area contributed by atoms with E-state index in [4.69, 9.17) is 23.2 Å². The summed E-state index contributed by atoms with van der Waals surface area (Å²) in [6.07, 6.45) is 1.53. The Bertz CT molecular complexity index is 761. The first kappa shape index (κ1) is 15.1. The number of rotatable bonds is 3. The topological polar surface area (TPSA) is 59.1 Å². The molecule has 0 fully saturated rings. The van der Waals surface area contributed by atoms with Gasteiger partial charge in [0, 0.05) is 11.2 Å². The molecule has 1 N–H and O–H groups in total.